The molecule has 0 bridgehead atoms. The topological polar surface area (TPSA) is 118 Å². The van der Waals surface area contributed by atoms with Gasteiger partial charge in [0, 0.05) is 58.1 Å². The molecule has 0 radical (unpaired) electrons. The van der Waals surface area contributed by atoms with Crippen LogP contribution < -0.4 is 10.6 Å². The lowest BCUT2D eigenvalue weighted by Gasteiger charge is -2.17. The molecule has 2 N–H and O–H groups in total. The maximum atomic E-state index is 12.9. The Bertz CT molecular complexity index is 1210. The normalized spacial score (nSPS) is 12.3. The predicted octanol–water partition coefficient (Wildman–Crippen LogP) is 8.91. The molecule has 0 aromatic carbocycles. The lowest BCUT2D eigenvalue weighted by molar-refractivity contribution is -0.121. The molecule has 0 saturated carbocycles. The number of carbonyl (C=O) groups is 4. The molecule has 2 aromatic rings. The lowest BCUT2D eigenvalue weighted by Crippen LogP contribution is -2.41. The number of amides is 2. The highest BCUT2D eigenvalue weighted by atomic mass is 79.9. The third kappa shape index (κ3) is 20.3. The maximum absolute atomic E-state index is 12.9. The number of rotatable bonds is 29. The van der Waals surface area contributed by atoms with Gasteiger partial charge in [-0.2, -0.15) is 47.0 Å². The van der Waals surface area contributed by atoms with Gasteiger partial charge in [0.25, 0.3) is 11.8 Å². The van der Waals surface area contributed by atoms with E-state index in [0.717, 1.165) is 43.5 Å². The quantitative estimate of drug-likeness (QED) is 0.0768. The number of halogens is 2. The fraction of sp³-hybridized carbons (Fsp3) is 0.611. The Morgan fingerprint density at radius 1 is 0.580 bits per heavy atom. The van der Waals surface area contributed by atoms with Gasteiger partial charge < -0.3 is 10.6 Å². The van der Waals surface area contributed by atoms with Crippen molar-refractivity contribution in [1.29, 1.82) is 0 Å². The van der Waals surface area contributed by atoms with Gasteiger partial charge in [-0.05, 0) is 105 Å². The molecule has 8 nitrogen and oxygen atoms in total. The van der Waals surface area contributed by atoms with Gasteiger partial charge in [-0.1, -0.05) is 38.5 Å². The molecule has 2 amide bonds. The van der Waals surface area contributed by atoms with Gasteiger partial charge in [-0.25, -0.2) is 0 Å². The van der Waals surface area contributed by atoms with Gasteiger partial charge >= 0.3 is 0 Å². The summed E-state index contributed by atoms with van der Waals surface area (Å²) in [5.74, 6) is 5.00. The SMILES string of the molecule is CSCCC(NC(=O)c1cncc(Br)c1)C(=O)CCSCCCCCCCCCCSCCC(=O)C(CCSC)NC(=O)c1cncc(Br)c1. The molecule has 0 saturated heterocycles. The second-order valence-corrected chi connectivity index (χ2v) is 18.1. The Balaban J connectivity index is 1.47. The van der Waals surface area contributed by atoms with E-state index < -0.39 is 12.1 Å². The number of hydrogen-bond acceptors (Lipinski definition) is 10. The van der Waals surface area contributed by atoms with Crippen molar-refractivity contribution < 1.29 is 19.2 Å². The molecule has 14 heteroatoms. The number of nitrogens with one attached hydrogen (secondary N) is 2. The summed E-state index contributed by atoms with van der Waals surface area (Å²) in [6, 6.07) is 2.49. The number of pyridine rings is 2. The molecule has 278 valence electrons. The number of ketones is 2. The summed E-state index contributed by atoms with van der Waals surface area (Å²) in [6.07, 6.45) is 22.3. The molecule has 0 aliphatic rings. The molecule has 2 unspecified atom stereocenters. The zero-order valence-electron chi connectivity index (χ0n) is 29.3. The van der Waals surface area contributed by atoms with E-state index in [1.807, 2.05) is 36.0 Å². The Morgan fingerprint density at radius 2 is 0.960 bits per heavy atom. The number of unbranched alkanes of at least 4 members (excludes halogenated alkanes) is 7. The van der Waals surface area contributed by atoms with Crippen LogP contribution in [0.4, 0.5) is 0 Å². The van der Waals surface area contributed by atoms with Crippen molar-refractivity contribution in [2.45, 2.75) is 89.1 Å². The summed E-state index contributed by atoms with van der Waals surface area (Å²) < 4.78 is 1.46. The van der Waals surface area contributed by atoms with E-state index in [1.54, 1.807) is 48.1 Å². The first-order chi connectivity index (χ1) is 24.2. The molecule has 0 fully saturated rings. The number of aromatic nitrogens is 2. The van der Waals surface area contributed by atoms with Crippen LogP contribution in [0, 0.1) is 0 Å². The van der Waals surface area contributed by atoms with Crippen LogP contribution in [0.5, 0.6) is 0 Å². The first kappa shape index (κ1) is 45.1. The van der Waals surface area contributed by atoms with Crippen LogP contribution in [0.15, 0.2) is 45.9 Å². The van der Waals surface area contributed by atoms with Crippen LogP contribution in [0.2, 0.25) is 0 Å². The van der Waals surface area contributed by atoms with Crippen molar-refractivity contribution >= 4 is 102 Å². The highest BCUT2D eigenvalue weighted by Crippen LogP contribution is 2.17. The van der Waals surface area contributed by atoms with E-state index in [9.17, 15) is 19.2 Å². The average molecular weight is 893 g/mol. The number of hydrogen-bond donors (Lipinski definition) is 2. The number of Topliss-reactive ketones (excluding diaryl/α,β-unsaturated/α-hetero) is 2. The summed E-state index contributed by atoms with van der Waals surface area (Å²) >= 11 is 13.7. The van der Waals surface area contributed by atoms with E-state index in [0.29, 0.717) is 36.8 Å². The molecule has 2 rings (SSSR count). The minimum atomic E-state index is -0.465. The summed E-state index contributed by atoms with van der Waals surface area (Å²) in [6.45, 7) is 0. The molecular weight excluding hydrogens is 840 g/mol. The Hall–Kier alpha value is -1.06. The molecule has 50 heavy (non-hydrogen) atoms. The summed E-state index contributed by atoms with van der Waals surface area (Å²) in [5.41, 5.74) is 0.893. The predicted molar refractivity (Wildman–Crippen MR) is 223 cm³/mol. The average Bonchev–Trinajstić information content (AvgIpc) is 3.11. The van der Waals surface area contributed by atoms with Crippen LogP contribution in [0.3, 0.4) is 0 Å². The van der Waals surface area contributed by atoms with Gasteiger partial charge in [-0.15, -0.1) is 0 Å². The zero-order chi connectivity index (χ0) is 36.4. The van der Waals surface area contributed by atoms with Crippen LogP contribution in [-0.4, -0.2) is 92.5 Å². The minimum absolute atomic E-state index is 0.0986. The highest BCUT2D eigenvalue weighted by molar-refractivity contribution is 9.10. The van der Waals surface area contributed by atoms with Crippen molar-refractivity contribution in [2.75, 3.05) is 47.0 Å². The third-order valence-corrected chi connectivity index (χ3v) is 12.2. The Morgan fingerprint density at radius 3 is 1.32 bits per heavy atom. The fourth-order valence-corrected chi connectivity index (χ4v) is 8.61. The molecule has 0 aliphatic heterocycles. The van der Waals surface area contributed by atoms with E-state index >= 15 is 0 Å². The van der Waals surface area contributed by atoms with Crippen molar-refractivity contribution in [2.24, 2.45) is 0 Å². The second-order valence-electron chi connectivity index (χ2n) is 11.9. The minimum Gasteiger partial charge on any atom is -0.342 e. The zero-order valence-corrected chi connectivity index (χ0v) is 35.7. The third-order valence-electron chi connectivity index (χ3n) is 7.86. The highest BCUT2D eigenvalue weighted by Gasteiger charge is 2.22. The van der Waals surface area contributed by atoms with Crippen molar-refractivity contribution in [3.63, 3.8) is 0 Å². The Labute approximate surface area is 332 Å². The van der Waals surface area contributed by atoms with Crippen LogP contribution >= 0.6 is 78.9 Å². The van der Waals surface area contributed by atoms with Crippen molar-refractivity contribution in [3.8, 4) is 0 Å². The number of nitrogens with zero attached hydrogens (tertiary/aromatic N) is 2. The summed E-state index contributed by atoms with van der Waals surface area (Å²) in [4.78, 5) is 59.2. The number of carbonyl (C=O) groups excluding carboxylic acids is 4. The molecule has 2 heterocycles. The van der Waals surface area contributed by atoms with Gasteiger partial charge in [0.05, 0.1) is 23.2 Å². The number of thioether (sulfide) groups is 4. The Kier molecular flexibility index (Phi) is 25.7. The second kappa shape index (κ2) is 28.4. The standard InChI is InChI=1S/C36H52Br2N4O4S4/c1-47-17-11-31(41-35(45)27-21-29(37)25-39-23-27)33(43)13-19-49-15-9-7-5-3-4-6-8-10-16-50-20-14-34(44)32(12-18-48-2)42-36(46)28-22-30(38)26-40-24-28/h21-26,31-32H,3-20H2,1-2H3,(H,41,45)(H,42,46). The van der Waals surface area contributed by atoms with E-state index in [-0.39, 0.29) is 23.4 Å². The molecule has 2 aromatic heterocycles. The molecular formula is C36H52Br2N4O4S4. The van der Waals surface area contributed by atoms with Gasteiger partial charge in [0.2, 0.25) is 0 Å². The summed E-state index contributed by atoms with van der Waals surface area (Å²) in [7, 11) is 0. The lowest BCUT2D eigenvalue weighted by atomic mass is 10.1. The molecule has 0 spiro atoms. The smallest absolute Gasteiger partial charge is 0.253 e. The fourth-order valence-electron chi connectivity index (χ4n) is 5.02. The van der Waals surface area contributed by atoms with Crippen LogP contribution in [-0.2, 0) is 9.59 Å². The van der Waals surface area contributed by atoms with E-state index in [4.69, 9.17) is 0 Å². The van der Waals surface area contributed by atoms with E-state index in [1.165, 1.54) is 63.8 Å². The largest absolute Gasteiger partial charge is 0.342 e. The first-order valence-electron chi connectivity index (χ1n) is 17.3. The van der Waals surface area contributed by atoms with Crippen molar-refractivity contribution in [1.82, 2.24) is 20.6 Å². The molecule has 0 aliphatic carbocycles. The van der Waals surface area contributed by atoms with Crippen LogP contribution in [0.25, 0.3) is 0 Å². The monoisotopic (exact) mass is 890 g/mol. The van der Waals surface area contributed by atoms with Gasteiger partial charge in [0.15, 0.2) is 11.6 Å². The van der Waals surface area contributed by atoms with Crippen LogP contribution in [0.1, 0.15) is 97.8 Å². The van der Waals surface area contributed by atoms with E-state index in [2.05, 4.69) is 52.5 Å². The van der Waals surface area contributed by atoms with Gasteiger partial charge in [-0.3, -0.25) is 29.1 Å². The van der Waals surface area contributed by atoms with Crippen molar-refractivity contribution in [3.05, 3.63) is 57.0 Å². The van der Waals surface area contributed by atoms with Gasteiger partial charge in [0.1, 0.15) is 0 Å². The summed E-state index contributed by atoms with van der Waals surface area (Å²) in [5, 5.41) is 5.84. The first-order valence-corrected chi connectivity index (χ1v) is 23.9. The maximum Gasteiger partial charge on any atom is 0.253 e. The molecule has 2 atom stereocenters.